The highest BCUT2D eigenvalue weighted by Gasteiger charge is 2.33. The van der Waals surface area contributed by atoms with Crippen molar-refractivity contribution in [2.45, 2.75) is 32.1 Å². The smallest absolute Gasteiger partial charge is 0.308 e. The minimum absolute atomic E-state index is 0.227. The van der Waals surface area contributed by atoms with Crippen LogP contribution in [0.2, 0.25) is 0 Å². The van der Waals surface area contributed by atoms with E-state index in [0.717, 1.165) is 44.2 Å². The first-order valence-electron chi connectivity index (χ1n) is 10.5. The molecule has 0 aromatic heterocycles. The predicted molar refractivity (Wildman–Crippen MR) is 115 cm³/mol. The molecule has 2 unspecified atom stereocenters. The number of nitrogens with zero attached hydrogens (tertiary/aromatic N) is 1. The molecule has 0 amide bonds. The molecule has 0 spiro atoms. The van der Waals surface area contributed by atoms with Gasteiger partial charge >= 0.3 is 6.18 Å². The Morgan fingerprint density at radius 2 is 1.83 bits per heavy atom. The minimum atomic E-state index is -4.36. The largest absolute Gasteiger partial charge is 0.417 e. The van der Waals surface area contributed by atoms with Crippen LogP contribution in [0.5, 0.6) is 0 Å². The van der Waals surface area contributed by atoms with E-state index >= 15 is 0 Å². The molecule has 2 nitrogen and oxygen atoms in total. The van der Waals surface area contributed by atoms with Crippen molar-refractivity contribution < 1.29 is 13.2 Å². The first-order valence-corrected chi connectivity index (χ1v) is 10.5. The summed E-state index contributed by atoms with van der Waals surface area (Å²) in [5.74, 6) is 0.578. The molecule has 0 bridgehead atoms. The average molecular weight is 412 g/mol. The Hall–Kier alpha value is -2.37. The standard InChI is InChI=1S/C25H27F3N2/c1-18-5-4-6-21(15-18)24-17-30(14-13-29-24)16-19-9-11-20(12-10-19)22-7-2-3-8-23(22)25(26,27)28/h2-12,18,24,29H,13-17H2,1H3. The van der Waals surface area contributed by atoms with E-state index in [-0.39, 0.29) is 5.56 Å². The van der Waals surface area contributed by atoms with Crippen molar-refractivity contribution in [2.75, 3.05) is 19.6 Å². The van der Waals surface area contributed by atoms with Gasteiger partial charge in [-0.05, 0) is 35.1 Å². The molecule has 5 heteroatoms. The second-order valence-corrected chi connectivity index (χ2v) is 8.29. The summed E-state index contributed by atoms with van der Waals surface area (Å²) < 4.78 is 39.9. The highest BCUT2D eigenvalue weighted by atomic mass is 19.4. The summed E-state index contributed by atoms with van der Waals surface area (Å²) in [4.78, 5) is 2.42. The van der Waals surface area contributed by atoms with E-state index in [1.54, 1.807) is 18.2 Å². The van der Waals surface area contributed by atoms with Crippen molar-refractivity contribution in [1.82, 2.24) is 10.2 Å². The van der Waals surface area contributed by atoms with Crippen LogP contribution in [-0.2, 0) is 12.7 Å². The molecule has 1 heterocycles. The van der Waals surface area contributed by atoms with Crippen LogP contribution in [0.1, 0.15) is 24.5 Å². The van der Waals surface area contributed by atoms with E-state index in [1.807, 2.05) is 12.1 Å². The zero-order valence-electron chi connectivity index (χ0n) is 17.1. The number of benzene rings is 2. The molecule has 2 aromatic rings. The number of halogens is 3. The van der Waals surface area contributed by atoms with Gasteiger partial charge in [-0.3, -0.25) is 4.90 Å². The quantitative estimate of drug-likeness (QED) is 0.696. The SMILES string of the molecule is CC1C=CC=C(C2CN(Cc3ccc(-c4ccccc4C(F)(F)F)cc3)CCN2)C1. The Morgan fingerprint density at radius 3 is 2.57 bits per heavy atom. The van der Waals surface area contributed by atoms with Crippen LogP contribution in [-0.4, -0.2) is 30.6 Å². The van der Waals surface area contributed by atoms with Gasteiger partial charge in [0.15, 0.2) is 0 Å². The third-order valence-corrected chi connectivity index (χ3v) is 5.92. The minimum Gasteiger partial charge on any atom is -0.308 e. The van der Waals surface area contributed by atoms with Gasteiger partial charge in [0.25, 0.3) is 0 Å². The van der Waals surface area contributed by atoms with E-state index in [2.05, 4.69) is 35.4 Å². The first-order chi connectivity index (χ1) is 14.4. The zero-order valence-corrected chi connectivity index (χ0v) is 17.1. The molecule has 2 aromatic carbocycles. The summed E-state index contributed by atoms with van der Waals surface area (Å²) in [6.45, 7) is 5.90. The second kappa shape index (κ2) is 8.78. The van der Waals surface area contributed by atoms with Crippen molar-refractivity contribution in [1.29, 1.82) is 0 Å². The van der Waals surface area contributed by atoms with E-state index in [9.17, 15) is 13.2 Å². The van der Waals surface area contributed by atoms with Gasteiger partial charge in [-0.2, -0.15) is 13.2 Å². The van der Waals surface area contributed by atoms with Gasteiger partial charge in [-0.1, -0.05) is 73.2 Å². The maximum atomic E-state index is 13.3. The van der Waals surface area contributed by atoms with Gasteiger partial charge in [-0.15, -0.1) is 0 Å². The second-order valence-electron chi connectivity index (χ2n) is 8.29. The molecular weight excluding hydrogens is 385 g/mol. The van der Waals surface area contributed by atoms with Crippen LogP contribution < -0.4 is 5.32 Å². The van der Waals surface area contributed by atoms with Crippen molar-refractivity contribution >= 4 is 0 Å². The Kier molecular flexibility index (Phi) is 6.11. The lowest BCUT2D eigenvalue weighted by Gasteiger charge is -2.36. The number of hydrogen-bond acceptors (Lipinski definition) is 2. The van der Waals surface area contributed by atoms with Gasteiger partial charge in [0.1, 0.15) is 0 Å². The fourth-order valence-electron chi connectivity index (χ4n) is 4.37. The topological polar surface area (TPSA) is 15.3 Å². The summed E-state index contributed by atoms with van der Waals surface area (Å²) >= 11 is 0. The van der Waals surface area contributed by atoms with Gasteiger partial charge in [-0.25, -0.2) is 0 Å². The van der Waals surface area contributed by atoms with Gasteiger partial charge < -0.3 is 5.32 Å². The lowest BCUT2D eigenvalue weighted by Crippen LogP contribution is -2.51. The monoisotopic (exact) mass is 412 g/mol. The average Bonchev–Trinajstić information content (AvgIpc) is 2.74. The molecule has 1 fully saturated rings. The highest BCUT2D eigenvalue weighted by Crippen LogP contribution is 2.37. The van der Waals surface area contributed by atoms with Crippen molar-refractivity contribution in [2.24, 2.45) is 5.92 Å². The van der Waals surface area contributed by atoms with Gasteiger partial charge in [0, 0.05) is 32.2 Å². The third kappa shape index (κ3) is 4.85. The predicted octanol–water partition coefficient (Wildman–Crippen LogP) is 5.67. The zero-order chi connectivity index (χ0) is 21.1. The maximum absolute atomic E-state index is 13.3. The van der Waals surface area contributed by atoms with Gasteiger partial charge in [0.2, 0.25) is 0 Å². The first kappa shape index (κ1) is 20.9. The molecule has 158 valence electrons. The van der Waals surface area contributed by atoms with Crippen LogP contribution in [0.4, 0.5) is 13.2 Å². The van der Waals surface area contributed by atoms with E-state index in [0.29, 0.717) is 17.5 Å². The van der Waals surface area contributed by atoms with Crippen LogP contribution in [0.3, 0.4) is 0 Å². The Bertz CT molecular complexity index is 928. The molecule has 30 heavy (non-hydrogen) atoms. The lowest BCUT2D eigenvalue weighted by atomic mass is 9.90. The molecule has 2 atom stereocenters. The fourth-order valence-corrected chi connectivity index (χ4v) is 4.37. The summed E-state index contributed by atoms with van der Waals surface area (Å²) in [5.41, 5.74) is 2.80. The van der Waals surface area contributed by atoms with Crippen LogP contribution in [0, 0.1) is 5.92 Å². The number of allylic oxidation sites excluding steroid dienone is 3. The van der Waals surface area contributed by atoms with E-state index in [1.165, 1.54) is 17.7 Å². The summed E-state index contributed by atoms with van der Waals surface area (Å²) in [6, 6.07) is 13.6. The Morgan fingerprint density at radius 1 is 1.07 bits per heavy atom. The number of rotatable bonds is 4. The molecule has 1 aliphatic heterocycles. The molecule has 0 radical (unpaired) electrons. The Labute approximate surface area is 176 Å². The molecule has 1 saturated heterocycles. The summed E-state index contributed by atoms with van der Waals surface area (Å²) in [5, 5.41) is 3.63. The fraction of sp³-hybridized carbons (Fsp3) is 0.360. The Balaban J connectivity index is 1.44. The number of nitrogens with one attached hydrogen (secondary N) is 1. The molecule has 0 saturated carbocycles. The third-order valence-electron chi connectivity index (χ3n) is 5.92. The highest BCUT2D eigenvalue weighted by molar-refractivity contribution is 5.68. The molecule has 1 N–H and O–H groups in total. The number of piperazine rings is 1. The summed E-state index contributed by atoms with van der Waals surface area (Å²) in [7, 11) is 0. The summed E-state index contributed by atoms with van der Waals surface area (Å²) in [6.07, 6.45) is 3.36. The molecule has 2 aliphatic rings. The normalized spacial score (nSPS) is 22.7. The van der Waals surface area contributed by atoms with E-state index in [4.69, 9.17) is 0 Å². The molecule has 1 aliphatic carbocycles. The lowest BCUT2D eigenvalue weighted by molar-refractivity contribution is -0.137. The number of alkyl halides is 3. The molecule has 4 rings (SSSR count). The van der Waals surface area contributed by atoms with Crippen LogP contribution in [0.15, 0.2) is 72.3 Å². The van der Waals surface area contributed by atoms with E-state index < -0.39 is 11.7 Å². The number of hydrogen-bond donors (Lipinski definition) is 1. The van der Waals surface area contributed by atoms with Crippen LogP contribution >= 0.6 is 0 Å². The van der Waals surface area contributed by atoms with Crippen LogP contribution in [0.25, 0.3) is 11.1 Å². The van der Waals surface area contributed by atoms with Crippen molar-refractivity contribution in [3.8, 4) is 11.1 Å². The van der Waals surface area contributed by atoms with Crippen molar-refractivity contribution in [3.63, 3.8) is 0 Å². The van der Waals surface area contributed by atoms with Gasteiger partial charge in [0.05, 0.1) is 5.56 Å². The molecular formula is C25H27F3N2. The maximum Gasteiger partial charge on any atom is 0.417 e. The van der Waals surface area contributed by atoms with Crippen molar-refractivity contribution in [3.05, 3.63) is 83.5 Å².